The van der Waals surface area contributed by atoms with E-state index in [0.717, 1.165) is 0 Å². The summed E-state index contributed by atoms with van der Waals surface area (Å²) in [7, 11) is 1.59. The molecule has 0 unspecified atom stereocenters. The van der Waals surface area contributed by atoms with Gasteiger partial charge in [-0.3, -0.25) is 4.79 Å². The second-order valence-electron chi connectivity index (χ2n) is 4.02. The lowest BCUT2D eigenvalue weighted by Crippen LogP contribution is -2.29. The summed E-state index contributed by atoms with van der Waals surface area (Å²) in [6.07, 6.45) is 0.380. The second kappa shape index (κ2) is 8.74. The molecule has 0 spiro atoms. The molecule has 0 bridgehead atoms. The molecule has 0 aliphatic heterocycles. The van der Waals surface area contributed by atoms with Gasteiger partial charge in [-0.05, 0) is 6.07 Å². The Morgan fingerprint density at radius 1 is 1.42 bits per heavy atom. The number of phenolic OH excluding ortho intramolecular Hbond substituents is 1. The lowest BCUT2D eigenvalue weighted by Gasteiger charge is -2.08. The van der Waals surface area contributed by atoms with Crippen molar-refractivity contribution in [2.45, 2.75) is 13.0 Å². The number of methoxy groups -OCH3 is 1. The molecule has 1 rings (SSSR count). The summed E-state index contributed by atoms with van der Waals surface area (Å²) >= 11 is 5.79. The molecule has 3 N–H and O–H groups in total. The maximum atomic E-state index is 11.4. The van der Waals surface area contributed by atoms with Gasteiger partial charge in [-0.15, -0.1) is 0 Å². The first-order valence-corrected chi connectivity index (χ1v) is 6.45. The molecule has 1 amide bonds. The van der Waals surface area contributed by atoms with E-state index in [9.17, 15) is 9.90 Å². The first-order chi connectivity index (χ1) is 9.15. The van der Waals surface area contributed by atoms with E-state index in [4.69, 9.17) is 16.3 Å². The third kappa shape index (κ3) is 5.92. The van der Waals surface area contributed by atoms with Crippen LogP contribution in [0.25, 0.3) is 0 Å². The fraction of sp³-hybridized carbons (Fsp3) is 0.462. The fourth-order valence-electron chi connectivity index (χ4n) is 1.51. The Hall–Kier alpha value is -1.30. The van der Waals surface area contributed by atoms with Crippen LogP contribution >= 0.6 is 11.6 Å². The number of aromatic hydroxyl groups is 1. The highest BCUT2D eigenvalue weighted by molar-refractivity contribution is 6.32. The number of amides is 1. The molecule has 106 valence electrons. The van der Waals surface area contributed by atoms with Gasteiger partial charge in [-0.2, -0.15) is 0 Å². The highest BCUT2D eigenvalue weighted by Crippen LogP contribution is 2.26. The van der Waals surface area contributed by atoms with Crippen molar-refractivity contribution < 1.29 is 14.6 Å². The van der Waals surface area contributed by atoms with Crippen molar-refractivity contribution in [3.05, 3.63) is 28.8 Å². The Morgan fingerprint density at radius 3 is 2.95 bits per heavy atom. The van der Waals surface area contributed by atoms with Crippen LogP contribution in [0.15, 0.2) is 18.2 Å². The topological polar surface area (TPSA) is 70.6 Å². The van der Waals surface area contributed by atoms with E-state index in [0.29, 0.717) is 43.2 Å². The van der Waals surface area contributed by atoms with Gasteiger partial charge >= 0.3 is 0 Å². The van der Waals surface area contributed by atoms with Gasteiger partial charge in [0.2, 0.25) is 5.91 Å². The summed E-state index contributed by atoms with van der Waals surface area (Å²) in [5, 5.41) is 15.8. The molecule has 0 aromatic heterocycles. The SMILES string of the molecule is COCCNC(=O)CCNCc1cccc(Cl)c1O. The number of hydrogen-bond acceptors (Lipinski definition) is 4. The first kappa shape index (κ1) is 15.8. The molecule has 0 aliphatic carbocycles. The average molecular weight is 287 g/mol. The smallest absolute Gasteiger partial charge is 0.221 e. The van der Waals surface area contributed by atoms with Crippen molar-refractivity contribution in [3.63, 3.8) is 0 Å². The summed E-state index contributed by atoms with van der Waals surface area (Å²) in [5.74, 6) is 0.0566. The maximum Gasteiger partial charge on any atom is 0.221 e. The molecule has 0 saturated heterocycles. The number of para-hydroxylation sites is 1. The van der Waals surface area contributed by atoms with Gasteiger partial charge in [0.25, 0.3) is 0 Å². The number of benzene rings is 1. The maximum absolute atomic E-state index is 11.4. The number of phenols is 1. The Balaban J connectivity index is 2.20. The van der Waals surface area contributed by atoms with Gasteiger partial charge in [-0.25, -0.2) is 0 Å². The van der Waals surface area contributed by atoms with Crippen molar-refractivity contribution in [2.24, 2.45) is 0 Å². The van der Waals surface area contributed by atoms with Crippen molar-refractivity contribution in [3.8, 4) is 5.75 Å². The van der Waals surface area contributed by atoms with Gasteiger partial charge in [-0.1, -0.05) is 23.7 Å². The molecular formula is C13H19ClN2O3. The molecule has 19 heavy (non-hydrogen) atoms. The molecule has 0 radical (unpaired) electrons. The molecule has 1 aromatic rings. The minimum Gasteiger partial charge on any atom is -0.506 e. The largest absolute Gasteiger partial charge is 0.506 e. The number of halogens is 1. The standard InChI is InChI=1S/C13H19ClN2O3/c1-19-8-7-16-12(17)5-6-15-9-10-3-2-4-11(14)13(10)18/h2-4,15,18H,5-9H2,1H3,(H,16,17). The first-order valence-electron chi connectivity index (χ1n) is 6.08. The number of carbonyl (C=O) groups excluding carboxylic acids is 1. The molecule has 6 heteroatoms. The summed E-state index contributed by atoms with van der Waals surface area (Å²) < 4.78 is 4.83. The van der Waals surface area contributed by atoms with E-state index in [1.807, 2.05) is 0 Å². The molecule has 0 atom stereocenters. The monoisotopic (exact) mass is 286 g/mol. The van der Waals surface area contributed by atoms with E-state index in [1.54, 1.807) is 25.3 Å². The minimum absolute atomic E-state index is 0.0279. The molecule has 0 fully saturated rings. The zero-order chi connectivity index (χ0) is 14.1. The number of carbonyl (C=O) groups is 1. The summed E-state index contributed by atoms with van der Waals surface area (Å²) in [6.45, 7) is 2.03. The Kier molecular flexibility index (Phi) is 7.25. The van der Waals surface area contributed by atoms with E-state index < -0.39 is 0 Å². The van der Waals surface area contributed by atoms with Crippen LogP contribution in [-0.4, -0.2) is 37.8 Å². The number of rotatable bonds is 8. The predicted octanol–water partition coefficient (Wildman–Crippen LogP) is 1.29. The Labute approximate surface area is 117 Å². The summed E-state index contributed by atoms with van der Waals surface area (Å²) in [4.78, 5) is 11.4. The van der Waals surface area contributed by atoms with Gasteiger partial charge in [0, 0.05) is 38.7 Å². The Morgan fingerprint density at radius 2 is 2.21 bits per heavy atom. The van der Waals surface area contributed by atoms with E-state index in [2.05, 4.69) is 10.6 Å². The van der Waals surface area contributed by atoms with Crippen molar-refractivity contribution in [1.82, 2.24) is 10.6 Å². The normalized spacial score (nSPS) is 10.4. The molecule has 0 aliphatic rings. The lowest BCUT2D eigenvalue weighted by atomic mass is 10.2. The number of hydrogen-bond donors (Lipinski definition) is 3. The van der Waals surface area contributed by atoms with Crippen LogP contribution in [0.3, 0.4) is 0 Å². The zero-order valence-corrected chi connectivity index (χ0v) is 11.7. The molecule has 1 aromatic carbocycles. The fourth-order valence-corrected chi connectivity index (χ4v) is 1.70. The lowest BCUT2D eigenvalue weighted by molar-refractivity contribution is -0.121. The third-order valence-electron chi connectivity index (χ3n) is 2.54. The van der Waals surface area contributed by atoms with E-state index >= 15 is 0 Å². The molecule has 0 saturated carbocycles. The van der Waals surface area contributed by atoms with E-state index in [-0.39, 0.29) is 11.7 Å². The molecular weight excluding hydrogens is 268 g/mol. The van der Waals surface area contributed by atoms with Gasteiger partial charge < -0.3 is 20.5 Å². The quantitative estimate of drug-likeness (QED) is 0.630. The predicted molar refractivity (Wildman–Crippen MR) is 74.3 cm³/mol. The van der Waals surface area contributed by atoms with E-state index in [1.165, 1.54) is 0 Å². The van der Waals surface area contributed by atoms with Crippen LogP contribution in [0.5, 0.6) is 5.75 Å². The molecule has 5 nitrogen and oxygen atoms in total. The highest BCUT2D eigenvalue weighted by Gasteiger charge is 2.05. The van der Waals surface area contributed by atoms with Gasteiger partial charge in [0.1, 0.15) is 5.75 Å². The summed E-state index contributed by atoms with van der Waals surface area (Å²) in [5.41, 5.74) is 0.715. The summed E-state index contributed by atoms with van der Waals surface area (Å²) in [6, 6.07) is 5.19. The van der Waals surface area contributed by atoms with Crippen LogP contribution < -0.4 is 10.6 Å². The van der Waals surface area contributed by atoms with Crippen LogP contribution in [0.2, 0.25) is 5.02 Å². The van der Waals surface area contributed by atoms with Crippen LogP contribution in [0.1, 0.15) is 12.0 Å². The number of ether oxygens (including phenoxy) is 1. The van der Waals surface area contributed by atoms with Crippen LogP contribution in [0, 0.1) is 0 Å². The average Bonchev–Trinajstić information content (AvgIpc) is 2.39. The van der Waals surface area contributed by atoms with Crippen molar-refractivity contribution in [2.75, 3.05) is 26.8 Å². The Bertz CT molecular complexity index is 413. The van der Waals surface area contributed by atoms with Crippen molar-refractivity contribution in [1.29, 1.82) is 0 Å². The third-order valence-corrected chi connectivity index (χ3v) is 2.85. The van der Waals surface area contributed by atoms with Crippen LogP contribution in [0.4, 0.5) is 0 Å². The number of nitrogens with one attached hydrogen (secondary N) is 2. The molecule has 0 heterocycles. The van der Waals surface area contributed by atoms with Gasteiger partial charge in [0.05, 0.1) is 11.6 Å². The van der Waals surface area contributed by atoms with Crippen LogP contribution in [-0.2, 0) is 16.1 Å². The minimum atomic E-state index is -0.0279. The second-order valence-corrected chi connectivity index (χ2v) is 4.42. The highest BCUT2D eigenvalue weighted by atomic mass is 35.5. The van der Waals surface area contributed by atoms with Gasteiger partial charge in [0.15, 0.2) is 0 Å². The zero-order valence-electron chi connectivity index (χ0n) is 10.9. The van der Waals surface area contributed by atoms with Crippen molar-refractivity contribution >= 4 is 17.5 Å².